The highest BCUT2D eigenvalue weighted by Gasteiger charge is 2.39. The Morgan fingerprint density at radius 2 is 2.03 bits per heavy atom. The normalized spacial score (nSPS) is 11.4. The van der Waals surface area contributed by atoms with Crippen LogP contribution in [0.5, 0.6) is 0 Å². The van der Waals surface area contributed by atoms with Crippen molar-refractivity contribution < 1.29 is 22.7 Å². The van der Waals surface area contributed by atoms with E-state index in [1.54, 1.807) is 0 Å². The molecular weight excluding hydrogens is 453 g/mol. The average Bonchev–Trinajstić information content (AvgIpc) is 2.73. The summed E-state index contributed by atoms with van der Waals surface area (Å²) in [6, 6.07) is 5.99. The van der Waals surface area contributed by atoms with Crippen LogP contribution in [-0.2, 0) is 23.7 Å². The van der Waals surface area contributed by atoms with Crippen LogP contribution in [0.25, 0.3) is 0 Å². The van der Waals surface area contributed by atoms with E-state index in [9.17, 15) is 28.0 Å². The van der Waals surface area contributed by atoms with Crippen molar-refractivity contribution in [2.24, 2.45) is 5.73 Å². The number of hydrogen-bond acceptors (Lipinski definition) is 6. The smallest absolute Gasteiger partial charge is 0.347 e. The monoisotopic (exact) mass is 468 g/mol. The topological polar surface area (TPSA) is 130 Å². The fourth-order valence-corrected chi connectivity index (χ4v) is 3.08. The highest BCUT2D eigenvalue weighted by atomic mass is 35.5. The molecule has 0 saturated heterocycles. The molecule has 0 saturated carbocycles. The highest BCUT2D eigenvalue weighted by Crippen LogP contribution is 2.25. The molecule has 0 unspecified atom stereocenters. The van der Waals surface area contributed by atoms with Gasteiger partial charge in [0.1, 0.15) is 17.5 Å². The van der Waals surface area contributed by atoms with Crippen LogP contribution in [0.3, 0.4) is 0 Å². The minimum absolute atomic E-state index is 0.00236. The Bertz CT molecular complexity index is 1220. The number of amides is 1. The molecular formula is C19H16ClF3N6O3. The lowest BCUT2D eigenvalue weighted by molar-refractivity contribution is -0.624. The Morgan fingerprint density at radius 3 is 2.69 bits per heavy atom. The lowest BCUT2D eigenvalue weighted by Crippen LogP contribution is -2.41. The number of aromatic nitrogens is 4. The maximum atomic E-state index is 14.5. The molecule has 168 valence electrons. The lowest BCUT2D eigenvalue weighted by atomic mass is 10.2. The predicted octanol–water partition coefficient (Wildman–Crippen LogP) is 1.34. The fraction of sp³-hybridized carbons (Fsp3) is 0.211. The number of nitrogens with two attached hydrogens (primary N) is 1. The molecule has 13 heteroatoms. The second-order valence-electron chi connectivity index (χ2n) is 6.63. The maximum absolute atomic E-state index is 14.5. The molecule has 0 aliphatic heterocycles. The molecule has 0 aromatic carbocycles. The molecule has 3 N–H and O–H groups in total. The summed E-state index contributed by atoms with van der Waals surface area (Å²) in [4.78, 5) is 31.8. The van der Waals surface area contributed by atoms with E-state index in [0.29, 0.717) is 0 Å². The summed E-state index contributed by atoms with van der Waals surface area (Å²) in [6.07, 6.45) is 1.93. The van der Waals surface area contributed by atoms with Crippen molar-refractivity contribution in [3.05, 3.63) is 86.3 Å². The van der Waals surface area contributed by atoms with Crippen molar-refractivity contribution in [1.29, 1.82) is 0 Å². The van der Waals surface area contributed by atoms with Gasteiger partial charge in [-0.15, -0.1) is 0 Å². The Morgan fingerprint density at radius 1 is 1.28 bits per heavy atom. The van der Waals surface area contributed by atoms with Crippen LogP contribution >= 0.6 is 11.6 Å². The third-order valence-corrected chi connectivity index (χ3v) is 4.75. The molecule has 9 nitrogen and oxygen atoms in total. The zero-order chi connectivity index (χ0) is 23.5. The van der Waals surface area contributed by atoms with Gasteiger partial charge in [0.15, 0.2) is 12.0 Å². The van der Waals surface area contributed by atoms with E-state index in [1.165, 1.54) is 24.4 Å². The Balaban J connectivity index is 1.99. The quantitative estimate of drug-likeness (QED) is 0.379. The number of carbonyl (C=O) groups excluding carboxylic acids is 1. The van der Waals surface area contributed by atoms with Crippen LogP contribution in [0.4, 0.5) is 19.0 Å². The number of hydrogen-bond donors (Lipinski definition) is 2. The van der Waals surface area contributed by atoms with Gasteiger partial charge in [-0.25, -0.2) is 9.37 Å². The molecule has 3 aromatic rings. The van der Waals surface area contributed by atoms with Crippen molar-refractivity contribution in [3.63, 3.8) is 0 Å². The average molecular weight is 469 g/mol. The van der Waals surface area contributed by atoms with Gasteiger partial charge in [-0.05, 0) is 18.2 Å². The van der Waals surface area contributed by atoms with Gasteiger partial charge in [0.2, 0.25) is 5.91 Å². The van der Waals surface area contributed by atoms with E-state index in [0.717, 1.165) is 22.9 Å². The third-order valence-electron chi connectivity index (χ3n) is 4.33. The summed E-state index contributed by atoms with van der Waals surface area (Å²) < 4.78 is 43.8. The molecule has 0 aliphatic rings. The number of rotatable bonds is 8. The van der Waals surface area contributed by atoms with Gasteiger partial charge >= 0.3 is 5.92 Å². The molecule has 32 heavy (non-hydrogen) atoms. The summed E-state index contributed by atoms with van der Waals surface area (Å²) in [5.41, 5.74) is 3.12. The van der Waals surface area contributed by atoms with Crippen molar-refractivity contribution in [2.45, 2.75) is 18.9 Å². The van der Waals surface area contributed by atoms with Gasteiger partial charge in [-0.1, -0.05) is 11.6 Å². The molecule has 0 aliphatic carbocycles. The summed E-state index contributed by atoms with van der Waals surface area (Å²) in [7, 11) is 0. The van der Waals surface area contributed by atoms with Crippen LogP contribution in [-0.4, -0.2) is 27.0 Å². The van der Waals surface area contributed by atoms with Crippen LogP contribution in [0.1, 0.15) is 17.1 Å². The van der Waals surface area contributed by atoms with Crippen molar-refractivity contribution >= 4 is 23.3 Å². The van der Waals surface area contributed by atoms with Crippen molar-refractivity contribution in [1.82, 2.24) is 14.5 Å². The van der Waals surface area contributed by atoms with E-state index >= 15 is 0 Å². The van der Waals surface area contributed by atoms with Gasteiger partial charge in [0.25, 0.3) is 11.3 Å². The number of alkyl halides is 2. The molecule has 3 heterocycles. The lowest BCUT2D eigenvalue weighted by Gasteiger charge is -2.18. The van der Waals surface area contributed by atoms with E-state index < -0.39 is 47.8 Å². The summed E-state index contributed by atoms with van der Waals surface area (Å²) in [5, 5.41) is 13.5. The second-order valence-corrected chi connectivity index (χ2v) is 6.99. The van der Waals surface area contributed by atoms with E-state index in [4.69, 9.17) is 17.3 Å². The molecule has 0 bridgehead atoms. The first-order chi connectivity index (χ1) is 15.1. The number of anilines is 1. The van der Waals surface area contributed by atoms with Crippen LogP contribution in [0.15, 0.2) is 47.5 Å². The van der Waals surface area contributed by atoms with E-state index in [1.807, 2.05) is 0 Å². The van der Waals surface area contributed by atoms with E-state index in [2.05, 4.69) is 15.3 Å². The molecule has 0 fully saturated rings. The number of carbonyl (C=O) groups is 1. The number of halogens is 4. The van der Waals surface area contributed by atoms with E-state index in [-0.39, 0.29) is 27.7 Å². The number of nitrogens with zero attached hydrogens (tertiary/aromatic N) is 4. The Labute approximate surface area is 183 Å². The molecule has 0 radical (unpaired) electrons. The SMILES string of the molecule is NC(=O)Cn1c(Cl)c(Cc2ncccc2F)nc(NCC(F)(F)c2cccc[n+]2[O-])c1=O. The first-order valence-electron chi connectivity index (χ1n) is 9.07. The molecule has 0 atom stereocenters. The molecule has 3 rings (SSSR count). The summed E-state index contributed by atoms with van der Waals surface area (Å²) >= 11 is 6.16. The first kappa shape index (κ1) is 23.0. The number of primary amides is 1. The maximum Gasteiger partial charge on any atom is 0.347 e. The zero-order valence-corrected chi connectivity index (χ0v) is 17.0. The first-order valence-corrected chi connectivity index (χ1v) is 9.45. The van der Waals surface area contributed by atoms with Gasteiger partial charge in [0.05, 0.1) is 17.9 Å². The van der Waals surface area contributed by atoms with Crippen LogP contribution < -0.4 is 21.3 Å². The van der Waals surface area contributed by atoms with Crippen molar-refractivity contribution in [3.8, 4) is 0 Å². The highest BCUT2D eigenvalue weighted by molar-refractivity contribution is 6.30. The predicted molar refractivity (Wildman–Crippen MR) is 107 cm³/mol. The van der Waals surface area contributed by atoms with Crippen molar-refractivity contribution in [2.75, 3.05) is 11.9 Å². The largest absolute Gasteiger partial charge is 0.618 e. The Hall–Kier alpha value is -3.67. The molecule has 1 amide bonds. The van der Waals surface area contributed by atoms with Gasteiger partial charge in [-0.3, -0.25) is 19.1 Å². The number of nitrogens with one attached hydrogen (secondary N) is 1. The zero-order valence-electron chi connectivity index (χ0n) is 16.3. The fourth-order valence-electron chi connectivity index (χ4n) is 2.83. The van der Waals surface area contributed by atoms with Gasteiger partial charge in [0, 0.05) is 24.8 Å². The summed E-state index contributed by atoms with van der Waals surface area (Å²) in [5.74, 6) is -5.88. The number of pyridine rings is 2. The van der Waals surface area contributed by atoms with Crippen LogP contribution in [0.2, 0.25) is 5.15 Å². The summed E-state index contributed by atoms with van der Waals surface area (Å²) in [6.45, 7) is -1.83. The molecule has 0 spiro atoms. The minimum Gasteiger partial charge on any atom is -0.618 e. The van der Waals surface area contributed by atoms with Gasteiger partial charge in [-0.2, -0.15) is 13.5 Å². The van der Waals surface area contributed by atoms with Gasteiger partial charge < -0.3 is 16.3 Å². The standard InChI is InChI=1S/C19H16ClF3N6O3/c20-16-13(8-12-11(21)4-3-6-25-12)27-17(18(31)28(16)9-15(24)30)26-10-19(22,23)14-5-1-2-7-29(14)32/h1-7H,8-10H2,(H2,24,30)(H,26,27). The van der Waals surface area contributed by atoms with Crippen LogP contribution in [0, 0.1) is 11.0 Å². The third kappa shape index (κ3) is 4.97. The second kappa shape index (κ2) is 9.22. The minimum atomic E-state index is -3.68. The molecule has 3 aromatic heterocycles. The Kier molecular flexibility index (Phi) is 6.63.